The smallest absolute Gasteiger partial charge is 0.253 e. The van der Waals surface area contributed by atoms with E-state index in [4.69, 9.17) is 0 Å². The lowest BCUT2D eigenvalue weighted by Crippen LogP contribution is -2.55. The molecule has 1 aliphatic rings. The molecule has 25 heavy (non-hydrogen) atoms. The van der Waals surface area contributed by atoms with Gasteiger partial charge >= 0.3 is 0 Å². The lowest BCUT2D eigenvalue weighted by atomic mass is 10.1. The summed E-state index contributed by atoms with van der Waals surface area (Å²) in [4.78, 5) is 14.5. The van der Waals surface area contributed by atoms with Gasteiger partial charge in [-0.1, -0.05) is 34.1 Å². The van der Waals surface area contributed by atoms with Crippen LogP contribution < -0.4 is 0 Å². The summed E-state index contributed by atoms with van der Waals surface area (Å²) in [5.41, 5.74) is 0.624. The van der Waals surface area contributed by atoms with E-state index < -0.39 is 10.0 Å². The third-order valence-electron chi connectivity index (χ3n) is 4.29. The van der Waals surface area contributed by atoms with E-state index in [1.807, 2.05) is 25.1 Å². The second-order valence-electron chi connectivity index (χ2n) is 6.04. The zero-order chi connectivity index (χ0) is 18.0. The Balaban J connectivity index is 1.75. The molecule has 1 unspecified atom stereocenters. The molecule has 1 amide bonds. The number of nitrogens with zero attached hydrogens (tertiary/aromatic N) is 2. The lowest BCUT2D eigenvalue weighted by molar-refractivity contribution is 0.0642. The number of rotatable bonds is 3. The molecule has 1 fully saturated rings. The second-order valence-corrected chi connectivity index (χ2v) is 8.84. The maximum Gasteiger partial charge on any atom is 0.253 e. The standard InChI is InChI=1S/C18H19BrN2O3S/c1-14-13-20(18(22)15-5-3-2-4-6-15)11-12-21(14)25(23,24)17-9-7-16(19)8-10-17/h2-10,14H,11-13H2,1H3. The van der Waals surface area contributed by atoms with Gasteiger partial charge in [-0.3, -0.25) is 4.79 Å². The van der Waals surface area contributed by atoms with Crippen LogP contribution in [0.1, 0.15) is 17.3 Å². The van der Waals surface area contributed by atoms with Gasteiger partial charge in [0.2, 0.25) is 10.0 Å². The Hall–Kier alpha value is -1.70. The second kappa shape index (κ2) is 7.27. The van der Waals surface area contributed by atoms with Gasteiger partial charge in [0.25, 0.3) is 5.91 Å². The van der Waals surface area contributed by atoms with Crippen molar-refractivity contribution in [2.45, 2.75) is 17.9 Å². The van der Waals surface area contributed by atoms with Crippen molar-refractivity contribution in [3.63, 3.8) is 0 Å². The number of hydrogen-bond acceptors (Lipinski definition) is 3. The van der Waals surface area contributed by atoms with Crippen LogP contribution in [0.5, 0.6) is 0 Å². The molecule has 2 aromatic rings. The number of carbonyl (C=O) groups is 1. The van der Waals surface area contributed by atoms with E-state index in [2.05, 4.69) is 15.9 Å². The first-order valence-corrected chi connectivity index (χ1v) is 10.2. The highest BCUT2D eigenvalue weighted by Crippen LogP contribution is 2.23. The van der Waals surface area contributed by atoms with E-state index >= 15 is 0 Å². The first-order valence-electron chi connectivity index (χ1n) is 8.01. The molecule has 0 bridgehead atoms. The Bertz CT molecular complexity index is 854. The molecule has 7 heteroatoms. The molecule has 2 aromatic carbocycles. The third kappa shape index (κ3) is 3.78. The lowest BCUT2D eigenvalue weighted by Gasteiger charge is -2.39. The first-order chi connectivity index (χ1) is 11.9. The van der Waals surface area contributed by atoms with Gasteiger partial charge in [-0.05, 0) is 43.3 Å². The number of amides is 1. The molecule has 0 aliphatic carbocycles. The summed E-state index contributed by atoms with van der Waals surface area (Å²) in [6.07, 6.45) is 0. The molecule has 3 rings (SSSR count). The van der Waals surface area contributed by atoms with Gasteiger partial charge in [0.05, 0.1) is 4.90 Å². The number of hydrogen-bond donors (Lipinski definition) is 0. The summed E-state index contributed by atoms with van der Waals surface area (Å²) in [6.45, 7) is 2.89. The van der Waals surface area contributed by atoms with E-state index in [9.17, 15) is 13.2 Å². The molecule has 1 heterocycles. The van der Waals surface area contributed by atoms with Crippen molar-refractivity contribution < 1.29 is 13.2 Å². The largest absolute Gasteiger partial charge is 0.336 e. The normalized spacial score (nSPS) is 19.0. The van der Waals surface area contributed by atoms with Crippen molar-refractivity contribution in [3.05, 3.63) is 64.6 Å². The van der Waals surface area contributed by atoms with Crippen molar-refractivity contribution in [1.82, 2.24) is 9.21 Å². The first kappa shape index (κ1) is 18.1. The highest BCUT2D eigenvalue weighted by atomic mass is 79.9. The van der Waals surface area contributed by atoms with Gasteiger partial charge < -0.3 is 4.90 Å². The molecular formula is C18H19BrN2O3S. The van der Waals surface area contributed by atoms with E-state index in [0.29, 0.717) is 18.7 Å². The zero-order valence-corrected chi connectivity index (χ0v) is 16.2. The summed E-state index contributed by atoms with van der Waals surface area (Å²) >= 11 is 3.31. The van der Waals surface area contributed by atoms with Crippen molar-refractivity contribution in [2.24, 2.45) is 0 Å². The summed E-state index contributed by atoms with van der Waals surface area (Å²) in [5, 5.41) is 0. The summed E-state index contributed by atoms with van der Waals surface area (Å²) in [5.74, 6) is -0.0619. The van der Waals surface area contributed by atoms with Crippen molar-refractivity contribution in [1.29, 1.82) is 0 Å². The van der Waals surface area contributed by atoms with Crippen LogP contribution in [0.4, 0.5) is 0 Å². The number of carbonyl (C=O) groups excluding carboxylic acids is 1. The minimum atomic E-state index is -3.57. The number of benzene rings is 2. The van der Waals surface area contributed by atoms with Gasteiger partial charge in [0, 0.05) is 35.7 Å². The highest BCUT2D eigenvalue weighted by molar-refractivity contribution is 9.10. The van der Waals surface area contributed by atoms with E-state index in [-0.39, 0.29) is 23.4 Å². The SMILES string of the molecule is CC1CN(C(=O)c2ccccc2)CCN1S(=O)(=O)c1ccc(Br)cc1. The van der Waals surface area contributed by atoms with Gasteiger partial charge in [-0.25, -0.2) is 8.42 Å². The average molecular weight is 423 g/mol. The topological polar surface area (TPSA) is 57.7 Å². The van der Waals surface area contributed by atoms with Crippen LogP contribution in [-0.4, -0.2) is 49.2 Å². The fraction of sp³-hybridized carbons (Fsp3) is 0.278. The quantitative estimate of drug-likeness (QED) is 0.763. The summed E-state index contributed by atoms with van der Waals surface area (Å²) < 4.78 is 28.0. The Morgan fingerprint density at radius 2 is 1.68 bits per heavy atom. The molecule has 0 radical (unpaired) electrons. The molecule has 0 N–H and O–H groups in total. The molecule has 0 saturated carbocycles. The summed E-state index contributed by atoms with van der Waals surface area (Å²) in [6, 6.07) is 15.4. The molecular weight excluding hydrogens is 404 g/mol. The predicted octanol–water partition coefficient (Wildman–Crippen LogP) is 2.98. The third-order valence-corrected chi connectivity index (χ3v) is 6.85. The highest BCUT2D eigenvalue weighted by Gasteiger charge is 2.35. The number of piperazine rings is 1. The monoisotopic (exact) mass is 422 g/mol. The van der Waals surface area contributed by atoms with Crippen LogP contribution in [0.3, 0.4) is 0 Å². The molecule has 1 atom stereocenters. The van der Waals surface area contributed by atoms with Crippen LogP contribution in [-0.2, 0) is 10.0 Å². The van der Waals surface area contributed by atoms with E-state index in [1.165, 1.54) is 4.31 Å². The van der Waals surface area contributed by atoms with Crippen LogP contribution in [0.2, 0.25) is 0 Å². The maximum absolute atomic E-state index is 12.9. The Labute approximate surface area is 156 Å². The van der Waals surface area contributed by atoms with Gasteiger partial charge in [-0.2, -0.15) is 4.31 Å². The van der Waals surface area contributed by atoms with Gasteiger partial charge in [0.1, 0.15) is 0 Å². The Morgan fingerprint density at radius 3 is 2.28 bits per heavy atom. The van der Waals surface area contributed by atoms with Crippen LogP contribution in [0, 0.1) is 0 Å². The van der Waals surface area contributed by atoms with Gasteiger partial charge in [-0.15, -0.1) is 0 Å². The maximum atomic E-state index is 12.9. The minimum Gasteiger partial charge on any atom is -0.336 e. The van der Waals surface area contributed by atoms with Crippen LogP contribution >= 0.6 is 15.9 Å². The molecule has 1 aliphatic heterocycles. The molecule has 1 saturated heterocycles. The van der Waals surface area contributed by atoms with Crippen molar-refractivity contribution in [2.75, 3.05) is 19.6 Å². The van der Waals surface area contributed by atoms with E-state index in [1.54, 1.807) is 41.3 Å². The molecule has 0 aromatic heterocycles. The van der Waals surface area contributed by atoms with E-state index in [0.717, 1.165) is 4.47 Å². The zero-order valence-electron chi connectivity index (χ0n) is 13.8. The van der Waals surface area contributed by atoms with Crippen LogP contribution in [0.25, 0.3) is 0 Å². The molecule has 132 valence electrons. The van der Waals surface area contributed by atoms with Crippen molar-refractivity contribution in [3.8, 4) is 0 Å². The number of halogens is 1. The minimum absolute atomic E-state index is 0.0619. The Morgan fingerprint density at radius 1 is 1.04 bits per heavy atom. The fourth-order valence-corrected chi connectivity index (χ4v) is 4.87. The number of sulfonamides is 1. The molecule has 5 nitrogen and oxygen atoms in total. The van der Waals surface area contributed by atoms with Crippen LogP contribution in [0.15, 0.2) is 64.0 Å². The van der Waals surface area contributed by atoms with Gasteiger partial charge in [0.15, 0.2) is 0 Å². The summed E-state index contributed by atoms with van der Waals surface area (Å²) in [7, 11) is -3.57. The fourth-order valence-electron chi connectivity index (χ4n) is 2.99. The molecule has 0 spiro atoms. The Kier molecular flexibility index (Phi) is 5.27. The average Bonchev–Trinajstić information content (AvgIpc) is 2.62. The van der Waals surface area contributed by atoms with Crippen molar-refractivity contribution >= 4 is 31.9 Å². The predicted molar refractivity (Wildman–Crippen MR) is 99.8 cm³/mol.